The molecule has 2 rings (SSSR count). The predicted octanol–water partition coefficient (Wildman–Crippen LogP) is 3.88. The number of aromatic nitrogens is 2. The van der Waals surface area contributed by atoms with Crippen LogP contribution >= 0.6 is 0 Å². The molecule has 0 bridgehead atoms. The summed E-state index contributed by atoms with van der Waals surface area (Å²) in [5.74, 6) is 0. The SMILES string of the molecule is CCCNC(CCc1ccc(C)cc1)c1ccnn1CC. The summed E-state index contributed by atoms with van der Waals surface area (Å²) in [6.07, 6.45) is 5.26. The van der Waals surface area contributed by atoms with Crippen molar-refractivity contribution in [2.24, 2.45) is 0 Å². The Balaban J connectivity index is 2.04. The molecule has 114 valence electrons. The smallest absolute Gasteiger partial charge is 0.0553 e. The third-order valence-electron chi connectivity index (χ3n) is 3.89. The fourth-order valence-electron chi connectivity index (χ4n) is 2.64. The van der Waals surface area contributed by atoms with Gasteiger partial charge in [-0.2, -0.15) is 5.10 Å². The molecular formula is C18H27N3. The van der Waals surface area contributed by atoms with Gasteiger partial charge in [0.05, 0.1) is 5.69 Å². The van der Waals surface area contributed by atoms with Crippen molar-refractivity contribution in [3.05, 3.63) is 53.3 Å². The largest absolute Gasteiger partial charge is 0.309 e. The number of nitrogens with zero attached hydrogens (tertiary/aromatic N) is 2. The molecule has 3 nitrogen and oxygen atoms in total. The van der Waals surface area contributed by atoms with Crippen LogP contribution in [-0.2, 0) is 13.0 Å². The summed E-state index contributed by atoms with van der Waals surface area (Å²) in [5, 5.41) is 8.07. The van der Waals surface area contributed by atoms with E-state index in [0.717, 1.165) is 32.4 Å². The van der Waals surface area contributed by atoms with Gasteiger partial charge in [0.1, 0.15) is 0 Å². The molecule has 1 heterocycles. The Morgan fingerprint density at radius 2 is 1.90 bits per heavy atom. The number of hydrogen-bond donors (Lipinski definition) is 1. The van der Waals surface area contributed by atoms with Gasteiger partial charge in [0, 0.05) is 18.8 Å². The molecule has 0 fully saturated rings. The van der Waals surface area contributed by atoms with Crippen molar-refractivity contribution in [1.82, 2.24) is 15.1 Å². The van der Waals surface area contributed by atoms with Crippen LogP contribution in [0.15, 0.2) is 36.5 Å². The van der Waals surface area contributed by atoms with E-state index in [4.69, 9.17) is 0 Å². The van der Waals surface area contributed by atoms with E-state index in [-0.39, 0.29) is 0 Å². The van der Waals surface area contributed by atoms with Crippen LogP contribution in [0.4, 0.5) is 0 Å². The number of aryl methyl sites for hydroxylation is 3. The zero-order valence-corrected chi connectivity index (χ0v) is 13.5. The van der Waals surface area contributed by atoms with Crippen molar-refractivity contribution in [2.75, 3.05) is 6.54 Å². The summed E-state index contributed by atoms with van der Waals surface area (Å²) < 4.78 is 2.10. The summed E-state index contributed by atoms with van der Waals surface area (Å²) in [5.41, 5.74) is 4.04. The molecule has 3 heteroatoms. The Labute approximate surface area is 128 Å². The maximum absolute atomic E-state index is 4.41. The molecule has 0 aliphatic heterocycles. The first-order valence-electron chi connectivity index (χ1n) is 8.05. The van der Waals surface area contributed by atoms with Crippen LogP contribution in [0.3, 0.4) is 0 Å². The number of rotatable bonds is 8. The number of nitrogens with one attached hydrogen (secondary N) is 1. The van der Waals surface area contributed by atoms with Crippen molar-refractivity contribution in [3.63, 3.8) is 0 Å². The van der Waals surface area contributed by atoms with Crippen LogP contribution in [0.25, 0.3) is 0 Å². The Bertz CT molecular complexity index is 528. The topological polar surface area (TPSA) is 29.9 Å². The molecule has 1 atom stereocenters. The van der Waals surface area contributed by atoms with Crippen molar-refractivity contribution >= 4 is 0 Å². The summed E-state index contributed by atoms with van der Waals surface area (Å²) in [6.45, 7) is 8.47. The average molecular weight is 285 g/mol. The third-order valence-corrected chi connectivity index (χ3v) is 3.89. The molecule has 0 aliphatic carbocycles. The van der Waals surface area contributed by atoms with Crippen LogP contribution in [0, 0.1) is 6.92 Å². The van der Waals surface area contributed by atoms with Gasteiger partial charge in [-0.25, -0.2) is 0 Å². The maximum atomic E-state index is 4.41. The van der Waals surface area contributed by atoms with Gasteiger partial charge in [0.25, 0.3) is 0 Å². The summed E-state index contributed by atoms with van der Waals surface area (Å²) in [6, 6.07) is 11.4. The first kappa shape index (κ1) is 15.8. The Morgan fingerprint density at radius 1 is 1.14 bits per heavy atom. The van der Waals surface area contributed by atoms with Gasteiger partial charge < -0.3 is 5.32 Å². The molecule has 1 aromatic carbocycles. The summed E-state index contributed by atoms with van der Waals surface area (Å²) in [4.78, 5) is 0. The van der Waals surface area contributed by atoms with Crippen LogP contribution in [0.1, 0.15) is 49.6 Å². The normalized spacial score (nSPS) is 12.5. The van der Waals surface area contributed by atoms with Gasteiger partial charge in [-0.15, -0.1) is 0 Å². The maximum Gasteiger partial charge on any atom is 0.0553 e. The molecule has 0 spiro atoms. The molecule has 0 saturated carbocycles. The van der Waals surface area contributed by atoms with Gasteiger partial charge in [-0.1, -0.05) is 36.8 Å². The second kappa shape index (κ2) is 7.99. The molecule has 0 radical (unpaired) electrons. The van der Waals surface area contributed by atoms with E-state index in [0.29, 0.717) is 6.04 Å². The Kier molecular flexibility index (Phi) is 6.00. The predicted molar refractivity (Wildman–Crippen MR) is 88.4 cm³/mol. The van der Waals surface area contributed by atoms with E-state index in [2.05, 4.69) is 66.2 Å². The van der Waals surface area contributed by atoms with Gasteiger partial charge in [-0.3, -0.25) is 4.68 Å². The lowest BCUT2D eigenvalue weighted by molar-refractivity contribution is 0.456. The molecule has 21 heavy (non-hydrogen) atoms. The van der Waals surface area contributed by atoms with E-state index in [1.807, 2.05) is 6.20 Å². The van der Waals surface area contributed by atoms with Crippen molar-refractivity contribution < 1.29 is 0 Å². The van der Waals surface area contributed by atoms with E-state index < -0.39 is 0 Å². The first-order chi connectivity index (χ1) is 10.2. The molecular weight excluding hydrogens is 258 g/mol. The van der Waals surface area contributed by atoms with Crippen LogP contribution < -0.4 is 5.32 Å². The number of benzene rings is 1. The molecule has 1 aromatic heterocycles. The van der Waals surface area contributed by atoms with Gasteiger partial charge in [0.15, 0.2) is 0 Å². The molecule has 0 amide bonds. The second-order valence-electron chi connectivity index (χ2n) is 5.60. The summed E-state index contributed by atoms with van der Waals surface area (Å²) in [7, 11) is 0. The van der Waals surface area contributed by atoms with Crippen molar-refractivity contribution in [3.8, 4) is 0 Å². The zero-order valence-electron chi connectivity index (χ0n) is 13.5. The van der Waals surface area contributed by atoms with Gasteiger partial charge in [0.2, 0.25) is 0 Å². The fourth-order valence-corrected chi connectivity index (χ4v) is 2.64. The molecule has 1 unspecified atom stereocenters. The van der Waals surface area contributed by atoms with Gasteiger partial charge in [-0.05, 0) is 51.3 Å². The molecule has 1 N–H and O–H groups in total. The van der Waals surface area contributed by atoms with E-state index in [9.17, 15) is 0 Å². The van der Waals surface area contributed by atoms with Gasteiger partial charge >= 0.3 is 0 Å². The quantitative estimate of drug-likeness (QED) is 0.797. The lowest BCUT2D eigenvalue weighted by Crippen LogP contribution is -2.25. The second-order valence-corrected chi connectivity index (χ2v) is 5.60. The summed E-state index contributed by atoms with van der Waals surface area (Å²) >= 11 is 0. The van der Waals surface area contributed by atoms with Crippen LogP contribution in [0.2, 0.25) is 0 Å². The average Bonchev–Trinajstić information content (AvgIpc) is 2.97. The van der Waals surface area contributed by atoms with E-state index >= 15 is 0 Å². The third kappa shape index (κ3) is 4.43. The molecule has 0 saturated heterocycles. The minimum absolute atomic E-state index is 0.383. The highest BCUT2D eigenvalue weighted by Crippen LogP contribution is 2.19. The lowest BCUT2D eigenvalue weighted by atomic mass is 10.0. The van der Waals surface area contributed by atoms with E-state index in [1.165, 1.54) is 16.8 Å². The van der Waals surface area contributed by atoms with Crippen LogP contribution in [0.5, 0.6) is 0 Å². The minimum Gasteiger partial charge on any atom is -0.309 e. The van der Waals surface area contributed by atoms with Crippen molar-refractivity contribution in [1.29, 1.82) is 0 Å². The monoisotopic (exact) mass is 285 g/mol. The van der Waals surface area contributed by atoms with E-state index in [1.54, 1.807) is 0 Å². The van der Waals surface area contributed by atoms with Crippen molar-refractivity contribution in [2.45, 2.75) is 52.6 Å². The van der Waals surface area contributed by atoms with Crippen LogP contribution in [-0.4, -0.2) is 16.3 Å². The first-order valence-corrected chi connectivity index (χ1v) is 8.05. The highest BCUT2D eigenvalue weighted by atomic mass is 15.3. The zero-order chi connectivity index (χ0) is 15.1. The highest BCUT2D eigenvalue weighted by Gasteiger charge is 2.14. The molecule has 2 aromatic rings. The Morgan fingerprint density at radius 3 is 2.57 bits per heavy atom. The standard InChI is InChI=1S/C18H27N3/c1-4-13-19-17(18-12-14-20-21(18)5-2)11-10-16-8-6-15(3)7-9-16/h6-9,12,14,17,19H,4-5,10-11,13H2,1-3H3. The Hall–Kier alpha value is -1.61. The highest BCUT2D eigenvalue weighted by molar-refractivity contribution is 5.21. The molecule has 0 aliphatic rings. The fraction of sp³-hybridized carbons (Fsp3) is 0.500. The lowest BCUT2D eigenvalue weighted by Gasteiger charge is -2.19. The minimum atomic E-state index is 0.383. The number of hydrogen-bond acceptors (Lipinski definition) is 2.